The minimum atomic E-state index is 0.307. The summed E-state index contributed by atoms with van der Waals surface area (Å²) >= 11 is 3.59. The molecule has 3 atom stereocenters. The van der Waals surface area contributed by atoms with Gasteiger partial charge < -0.3 is 10.1 Å². The molecule has 1 N–H and O–H groups in total. The van der Waals surface area contributed by atoms with E-state index < -0.39 is 0 Å². The summed E-state index contributed by atoms with van der Waals surface area (Å²) < 4.78 is 6.70. The lowest BCUT2D eigenvalue weighted by atomic mass is 9.77. The number of fused-ring (bicyclic) bond motifs is 3. The highest BCUT2D eigenvalue weighted by molar-refractivity contribution is 9.10. The van der Waals surface area contributed by atoms with Crippen LogP contribution in [0.3, 0.4) is 0 Å². The Balaban J connectivity index is 1.83. The van der Waals surface area contributed by atoms with Crippen molar-refractivity contribution in [3.8, 4) is 5.75 Å². The third-order valence-corrected chi connectivity index (χ3v) is 5.28. The largest absolute Gasteiger partial charge is 0.495 e. The van der Waals surface area contributed by atoms with Crippen molar-refractivity contribution in [3.05, 3.63) is 70.2 Å². The molecule has 0 saturated heterocycles. The Morgan fingerprint density at radius 1 is 1.18 bits per heavy atom. The number of para-hydroxylation sites is 1. The third-order valence-electron chi connectivity index (χ3n) is 4.79. The van der Waals surface area contributed by atoms with E-state index in [1.165, 1.54) is 11.1 Å². The Labute approximate surface area is 139 Å². The zero-order valence-electron chi connectivity index (χ0n) is 12.4. The van der Waals surface area contributed by atoms with Gasteiger partial charge in [0.15, 0.2) is 0 Å². The van der Waals surface area contributed by atoms with Crippen LogP contribution < -0.4 is 10.1 Å². The van der Waals surface area contributed by atoms with Gasteiger partial charge in [-0.15, -0.1) is 0 Å². The van der Waals surface area contributed by atoms with Crippen molar-refractivity contribution < 1.29 is 4.74 Å². The van der Waals surface area contributed by atoms with Crippen LogP contribution >= 0.6 is 15.9 Å². The monoisotopic (exact) mass is 355 g/mol. The van der Waals surface area contributed by atoms with Gasteiger partial charge in [-0.1, -0.05) is 52.3 Å². The predicted molar refractivity (Wildman–Crippen MR) is 93.5 cm³/mol. The van der Waals surface area contributed by atoms with E-state index in [4.69, 9.17) is 4.74 Å². The third kappa shape index (κ3) is 2.15. The summed E-state index contributed by atoms with van der Waals surface area (Å²) in [4.78, 5) is 0. The lowest BCUT2D eigenvalue weighted by Gasteiger charge is -2.38. The summed E-state index contributed by atoms with van der Waals surface area (Å²) in [5.74, 6) is 1.96. The maximum Gasteiger partial charge on any atom is 0.142 e. The predicted octanol–water partition coefficient (Wildman–Crippen LogP) is 5.28. The molecule has 22 heavy (non-hydrogen) atoms. The Kier molecular flexibility index (Phi) is 3.45. The second-order valence-electron chi connectivity index (χ2n) is 5.96. The molecule has 0 aromatic heterocycles. The minimum Gasteiger partial charge on any atom is -0.495 e. The van der Waals surface area contributed by atoms with Crippen LogP contribution in [0.25, 0.3) is 0 Å². The normalized spacial score (nSPS) is 25.3. The van der Waals surface area contributed by atoms with Gasteiger partial charge in [-0.2, -0.15) is 0 Å². The standard InChI is InChI=1S/C19H18BrNO/c1-22-17-10-4-9-16-14-7-3-8-15(14)18(21-19(16)17)12-5-2-6-13(20)11-12/h2-7,9-11,14-15,18,21H,8H2,1H3/t14-,15-,18+/m1/s1. The van der Waals surface area contributed by atoms with Gasteiger partial charge in [-0.25, -0.2) is 0 Å². The van der Waals surface area contributed by atoms with Crippen molar-refractivity contribution in [1.82, 2.24) is 0 Å². The van der Waals surface area contributed by atoms with Gasteiger partial charge >= 0.3 is 0 Å². The SMILES string of the molecule is COc1cccc2c1N[C@@H](c1cccc(Br)c1)[C@@H]1CC=C[C@@H]21. The van der Waals surface area contributed by atoms with Gasteiger partial charge in [-0.05, 0) is 41.7 Å². The quantitative estimate of drug-likeness (QED) is 0.739. The van der Waals surface area contributed by atoms with E-state index in [2.05, 4.69) is 69.8 Å². The van der Waals surface area contributed by atoms with Crippen LogP contribution in [0.15, 0.2) is 59.1 Å². The molecule has 2 aromatic rings. The number of rotatable bonds is 2. The number of nitrogens with one attached hydrogen (secondary N) is 1. The summed E-state index contributed by atoms with van der Waals surface area (Å²) in [6, 6.07) is 15.2. The van der Waals surface area contributed by atoms with E-state index >= 15 is 0 Å². The van der Waals surface area contributed by atoms with Crippen LogP contribution in [-0.2, 0) is 0 Å². The highest BCUT2D eigenvalue weighted by Crippen LogP contribution is 2.52. The van der Waals surface area contributed by atoms with Crippen molar-refractivity contribution in [2.24, 2.45) is 5.92 Å². The number of halogens is 1. The van der Waals surface area contributed by atoms with E-state index in [-0.39, 0.29) is 0 Å². The number of ether oxygens (including phenoxy) is 1. The number of benzene rings is 2. The molecule has 2 nitrogen and oxygen atoms in total. The van der Waals surface area contributed by atoms with Gasteiger partial charge in [0.25, 0.3) is 0 Å². The molecule has 0 fully saturated rings. The molecule has 0 amide bonds. The first-order valence-corrected chi connectivity index (χ1v) is 8.43. The fraction of sp³-hybridized carbons (Fsp3) is 0.263. The van der Waals surface area contributed by atoms with Gasteiger partial charge in [0.2, 0.25) is 0 Å². The highest BCUT2D eigenvalue weighted by atomic mass is 79.9. The second-order valence-corrected chi connectivity index (χ2v) is 6.87. The van der Waals surface area contributed by atoms with Crippen molar-refractivity contribution in [1.29, 1.82) is 0 Å². The van der Waals surface area contributed by atoms with Gasteiger partial charge in [0.1, 0.15) is 5.75 Å². The molecule has 112 valence electrons. The minimum absolute atomic E-state index is 0.307. The van der Waals surface area contributed by atoms with E-state index in [9.17, 15) is 0 Å². The fourth-order valence-electron chi connectivity index (χ4n) is 3.79. The molecule has 1 aliphatic heterocycles. The molecule has 2 aromatic carbocycles. The van der Waals surface area contributed by atoms with Gasteiger partial charge in [0.05, 0.1) is 18.8 Å². The van der Waals surface area contributed by atoms with E-state index in [1.807, 2.05) is 6.07 Å². The number of anilines is 1. The van der Waals surface area contributed by atoms with Gasteiger partial charge in [0, 0.05) is 10.4 Å². The van der Waals surface area contributed by atoms with Crippen LogP contribution in [0.5, 0.6) is 5.75 Å². The first-order chi connectivity index (χ1) is 10.8. The molecule has 0 saturated carbocycles. The van der Waals surface area contributed by atoms with Crippen molar-refractivity contribution in [2.75, 3.05) is 12.4 Å². The maximum absolute atomic E-state index is 5.57. The lowest BCUT2D eigenvalue weighted by Crippen LogP contribution is -2.29. The summed E-state index contributed by atoms with van der Waals surface area (Å²) in [6.45, 7) is 0. The van der Waals surface area contributed by atoms with Crippen molar-refractivity contribution >= 4 is 21.6 Å². The number of hydrogen-bond donors (Lipinski definition) is 1. The molecule has 0 radical (unpaired) electrons. The van der Waals surface area contributed by atoms with E-state index in [0.29, 0.717) is 17.9 Å². The summed E-state index contributed by atoms with van der Waals surface area (Å²) in [7, 11) is 1.74. The van der Waals surface area contributed by atoms with E-state index in [1.54, 1.807) is 7.11 Å². The Hall–Kier alpha value is -1.74. The topological polar surface area (TPSA) is 21.3 Å². The second kappa shape index (κ2) is 5.47. The maximum atomic E-state index is 5.57. The van der Waals surface area contributed by atoms with Crippen molar-refractivity contribution in [3.63, 3.8) is 0 Å². The molecule has 0 spiro atoms. The zero-order valence-corrected chi connectivity index (χ0v) is 14.0. The number of methoxy groups -OCH3 is 1. The first-order valence-electron chi connectivity index (χ1n) is 7.63. The summed E-state index contributed by atoms with van der Waals surface area (Å²) in [6.07, 6.45) is 5.79. The Morgan fingerprint density at radius 2 is 2.05 bits per heavy atom. The lowest BCUT2D eigenvalue weighted by molar-refractivity contribution is 0.397. The summed E-state index contributed by atoms with van der Waals surface area (Å²) in [5.41, 5.74) is 3.82. The van der Waals surface area contributed by atoms with Crippen LogP contribution in [0.1, 0.15) is 29.5 Å². The van der Waals surface area contributed by atoms with Crippen LogP contribution in [0.2, 0.25) is 0 Å². The molecule has 0 bridgehead atoms. The van der Waals surface area contributed by atoms with Crippen LogP contribution in [0.4, 0.5) is 5.69 Å². The Bertz CT molecular complexity index is 740. The summed E-state index contributed by atoms with van der Waals surface area (Å²) in [5, 5.41) is 3.75. The molecular weight excluding hydrogens is 338 g/mol. The number of allylic oxidation sites excluding steroid dienone is 2. The molecule has 1 heterocycles. The molecule has 2 aliphatic rings. The average Bonchev–Trinajstić information content (AvgIpc) is 3.03. The van der Waals surface area contributed by atoms with Gasteiger partial charge in [-0.3, -0.25) is 0 Å². The molecule has 0 unspecified atom stereocenters. The molecule has 1 aliphatic carbocycles. The smallest absolute Gasteiger partial charge is 0.142 e. The van der Waals surface area contributed by atoms with Crippen LogP contribution in [0, 0.1) is 5.92 Å². The number of hydrogen-bond acceptors (Lipinski definition) is 2. The zero-order chi connectivity index (χ0) is 15.1. The van der Waals surface area contributed by atoms with Crippen molar-refractivity contribution in [2.45, 2.75) is 18.4 Å². The molecular formula is C19H18BrNO. The van der Waals surface area contributed by atoms with Crippen LogP contribution in [-0.4, -0.2) is 7.11 Å². The first kappa shape index (κ1) is 13.9. The molecule has 3 heteroatoms. The Morgan fingerprint density at radius 3 is 2.86 bits per heavy atom. The molecule has 4 rings (SSSR count). The highest BCUT2D eigenvalue weighted by Gasteiger charge is 2.38. The fourth-order valence-corrected chi connectivity index (χ4v) is 4.21. The average molecular weight is 356 g/mol. The van der Waals surface area contributed by atoms with E-state index in [0.717, 1.165) is 22.3 Å².